The topological polar surface area (TPSA) is 126 Å². The maximum atomic E-state index is 12.8. The summed E-state index contributed by atoms with van der Waals surface area (Å²) in [6.45, 7) is 0. The molecule has 0 saturated heterocycles. The van der Waals surface area contributed by atoms with Crippen molar-refractivity contribution in [2.24, 2.45) is 0 Å². The predicted octanol–water partition coefficient (Wildman–Crippen LogP) is 6.72. The first-order chi connectivity index (χ1) is 20.0. The van der Waals surface area contributed by atoms with Crippen LogP contribution in [0.3, 0.4) is 0 Å². The lowest BCUT2D eigenvalue weighted by atomic mass is 10.1. The average Bonchev–Trinajstić information content (AvgIpc) is 3.68. The van der Waals surface area contributed by atoms with E-state index in [1.807, 2.05) is 54.6 Å². The van der Waals surface area contributed by atoms with Crippen molar-refractivity contribution in [3.05, 3.63) is 138 Å². The van der Waals surface area contributed by atoms with E-state index in [0.717, 1.165) is 46.9 Å². The summed E-state index contributed by atoms with van der Waals surface area (Å²) >= 11 is 0. The normalized spacial score (nSPS) is 9.86. The zero-order chi connectivity index (χ0) is 28.9. The Morgan fingerprint density at radius 1 is 0.690 bits per heavy atom. The third kappa shape index (κ3) is 9.60. The molecule has 0 aliphatic rings. The van der Waals surface area contributed by atoms with E-state index in [9.17, 15) is 13.6 Å². The van der Waals surface area contributed by atoms with Crippen LogP contribution in [-0.2, 0) is 12.8 Å². The number of halogens is 2. The summed E-state index contributed by atoms with van der Waals surface area (Å²) in [5.74, 6) is -0.0380. The largest absolute Gasteiger partial charge is 0.382 e. The summed E-state index contributed by atoms with van der Waals surface area (Å²) in [5.41, 5.74) is 11.5. The minimum Gasteiger partial charge on any atom is -0.382 e. The van der Waals surface area contributed by atoms with Crippen molar-refractivity contribution in [2.75, 3.05) is 5.73 Å². The number of aromatic nitrogens is 6. The molecule has 0 fully saturated rings. The van der Waals surface area contributed by atoms with E-state index in [1.54, 1.807) is 18.5 Å². The van der Waals surface area contributed by atoms with Gasteiger partial charge < -0.3 is 5.73 Å². The summed E-state index contributed by atoms with van der Waals surface area (Å²) < 4.78 is 24.9. The molecule has 0 aliphatic carbocycles. The van der Waals surface area contributed by atoms with Gasteiger partial charge in [-0.1, -0.05) is 31.7 Å². The van der Waals surface area contributed by atoms with Crippen LogP contribution in [0.25, 0.3) is 22.8 Å². The number of nitrogens with one attached hydrogen (secondary N) is 2. The van der Waals surface area contributed by atoms with E-state index in [4.69, 9.17) is 5.73 Å². The molecule has 4 N–H and O–H groups in total. The molecule has 42 heavy (non-hydrogen) atoms. The number of nitrogens with two attached hydrogens (primary N) is 1. The van der Waals surface area contributed by atoms with Crippen LogP contribution < -0.4 is 5.73 Å². The molecular formula is C32H31F2N7O. The second kappa shape index (κ2) is 15.9. The number of hydrogen-bond donors (Lipinski definition) is 3. The first kappa shape index (κ1) is 31.0. The second-order valence-electron chi connectivity index (χ2n) is 8.71. The molecule has 0 unspecified atom stereocenters. The monoisotopic (exact) mass is 567 g/mol. The highest BCUT2D eigenvalue weighted by molar-refractivity contribution is 5.74. The molecule has 8 nitrogen and oxygen atoms in total. The molecule has 4 heterocycles. The van der Waals surface area contributed by atoms with E-state index in [1.165, 1.54) is 36.4 Å². The smallest absolute Gasteiger partial charge is 0.150 e. The molecule has 2 aromatic carbocycles. The fraction of sp³-hybridized carbons (Fsp3) is 0.0938. The predicted molar refractivity (Wildman–Crippen MR) is 160 cm³/mol. The molecule has 0 radical (unpaired) electrons. The Hall–Kier alpha value is -5.51. The molecule has 10 heteroatoms. The van der Waals surface area contributed by atoms with Gasteiger partial charge in [0.1, 0.15) is 29.4 Å². The van der Waals surface area contributed by atoms with Gasteiger partial charge in [-0.3, -0.25) is 25.0 Å². The van der Waals surface area contributed by atoms with Gasteiger partial charge in [-0.2, -0.15) is 10.2 Å². The molecule has 0 saturated carbocycles. The highest BCUT2D eigenvalue weighted by Crippen LogP contribution is 2.16. The number of pyridine rings is 2. The molecule has 0 bridgehead atoms. The number of aromatic amines is 2. The first-order valence-electron chi connectivity index (χ1n) is 12.6. The highest BCUT2D eigenvalue weighted by atomic mass is 19.1. The van der Waals surface area contributed by atoms with Gasteiger partial charge in [0.2, 0.25) is 0 Å². The van der Waals surface area contributed by atoms with Crippen LogP contribution in [0.2, 0.25) is 0 Å². The molecule has 6 aromatic rings. The summed E-state index contributed by atoms with van der Waals surface area (Å²) in [7, 11) is 0. The van der Waals surface area contributed by atoms with Crippen molar-refractivity contribution in [1.29, 1.82) is 0 Å². The molecule has 4 aromatic heterocycles. The number of rotatable bonds is 6. The van der Waals surface area contributed by atoms with Crippen molar-refractivity contribution in [1.82, 2.24) is 30.4 Å². The number of H-pyrrole nitrogens is 2. The van der Waals surface area contributed by atoms with Crippen LogP contribution >= 0.6 is 0 Å². The van der Waals surface area contributed by atoms with Gasteiger partial charge in [0.15, 0.2) is 0 Å². The molecule has 6 rings (SSSR count). The SMILES string of the molecule is C.Fc1ccc(CCc2cc(-c3ccccn3)n[nH]2)cc1.Nc1cc(-c2ccccn2)[nH]n1.O=Cc1ccc(F)cc1. The van der Waals surface area contributed by atoms with E-state index in [-0.39, 0.29) is 19.1 Å². The number of nitrogens with zero attached hydrogens (tertiary/aromatic N) is 4. The fourth-order valence-electron chi connectivity index (χ4n) is 3.60. The van der Waals surface area contributed by atoms with E-state index < -0.39 is 0 Å². The van der Waals surface area contributed by atoms with Crippen molar-refractivity contribution < 1.29 is 13.6 Å². The van der Waals surface area contributed by atoms with Crippen LogP contribution in [0.1, 0.15) is 29.0 Å². The minimum absolute atomic E-state index is 0. The summed E-state index contributed by atoms with van der Waals surface area (Å²) in [4.78, 5) is 18.4. The van der Waals surface area contributed by atoms with Crippen molar-refractivity contribution in [3.63, 3.8) is 0 Å². The number of aldehydes is 1. The van der Waals surface area contributed by atoms with Gasteiger partial charge in [-0.25, -0.2) is 8.78 Å². The number of benzene rings is 2. The zero-order valence-electron chi connectivity index (χ0n) is 21.9. The maximum absolute atomic E-state index is 12.8. The Morgan fingerprint density at radius 2 is 1.31 bits per heavy atom. The third-order valence-electron chi connectivity index (χ3n) is 5.70. The van der Waals surface area contributed by atoms with Crippen molar-refractivity contribution >= 4 is 12.1 Å². The van der Waals surface area contributed by atoms with E-state index >= 15 is 0 Å². The fourth-order valence-corrected chi connectivity index (χ4v) is 3.60. The number of carbonyl (C=O) groups excluding carboxylic acids is 1. The highest BCUT2D eigenvalue weighted by Gasteiger charge is 2.05. The maximum Gasteiger partial charge on any atom is 0.150 e. The van der Waals surface area contributed by atoms with Gasteiger partial charge in [0.05, 0.1) is 17.1 Å². The second-order valence-corrected chi connectivity index (χ2v) is 8.71. The lowest BCUT2D eigenvalue weighted by Gasteiger charge is -1.99. The van der Waals surface area contributed by atoms with Gasteiger partial charge in [0, 0.05) is 29.7 Å². The lowest BCUT2D eigenvalue weighted by molar-refractivity contribution is 0.112. The average molecular weight is 568 g/mol. The summed E-state index contributed by atoms with van der Waals surface area (Å²) in [5, 5.41) is 13.9. The summed E-state index contributed by atoms with van der Waals surface area (Å²) in [6.07, 6.45) is 5.85. The lowest BCUT2D eigenvalue weighted by Crippen LogP contribution is -1.91. The van der Waals surface area contributed by atoms with Crippen LogP contribution in [0.5, 0.6) is 0 Å². The number of carbonyl (C=O) groups is 1. The molecular weight excluding hydrogens is 536 g/mol. The Morgan fingerprint density at radius 3 is 1.86 bits per heavy atom. The third-order valence-corrected chi connectivity index (χ3v) is 5.70. The molecule has 0 aliphatic heterocycles. The Kier molecular flexibility index (Phi) is 11.8. The quantitative estimate of drug-likeness (QED) is 0.192. The molecule has 0 atom stereocenters. The van der Waals surface area contributed by atoms with E-state index in [2.05, 4.69) is 30.4 Å². The van der Waals surface area contributed by atoms with Crippen LogP contribution in [-0.4, -0.2) is 36.6 Å². The van der Waals surface area contributed by atoms with Gasteiger partial charge in [-0.15, -0.1) is 0 Å². The molecule has 0 spiro atoms. The van der Waals surface area contributed by atoms with Gasteiger partial charge in [-0.05, 0) is 85.1 Å². The van der Waals surface area contributed by atoms with Crippen LogP contribution in [0, 0.1) is 11.6 Å². The van der Waals surface area contributed by atoms with E-state index in [0.29, 0.717) is 17.7 Å². The van der Waals surface area contributed by atoms with Crippen LogP contribution in [0.15, 0.2) is 109 Å². The molecule has 214 valence electrons. The minimum atomic E-state index is -0.319. The van der Waals surface area contributed by atoms with Crippen molar-refractivity contribution in [2.45, 2.75) is 20.3 Å². The zero-order valence-corrected chi connectivity index (χ0v) is 21.9. The van der Waals surface area contributed by atoms with Gasteiger partial charge in [0.25, 0.3) is 0 Å². The summed E-state index contributed by atoms with van der Waals surface area (Å²) in [6, 6.07) is 27.2. The van der Waals surface area contributed by atoms with Crippen molar-refractivity contribution in [3.8, 4) is 22.8 Å². The first-order valence-corrected chi connectivity index (χ1v) is 12.6. The molecule has 0 amide bonds. The Balaban J connectivity index is 0.000000188. The number of nitrogen functional groups attached to an aromatic ring is 1. The van der Waals surface area contributed by atoms with Gasteiger partial charge >= 0.3 is 0 Å². The van der Waals surface area contributed by atoms with Crippen LogP contribution in [0.4, 0.5) is 14.6 Å². The number of aryl methyl sites for hydroxylation is 2. The number of hydrogen-bond acceptors (Lipinski definition) is 6. The number of anilines is 1. The Labute approximate surface area is 242 Å². The Bertz CT molecular complexity index is 1620. The standard InChI is InChI=1S/C16H14FN3.C8H8N4.C7H5FO.CH4/c17-13-7-4-12(5-8-13)6-9-14-11-16(20-19-14)15-3-1-2-10-18-15;9-8-5-7(11-12-8)6-3-1-2-4-10-6;8-7-3-1-6(5-9)2-4-7;/h1-5,7-8,10-11H,6,9H2,(H,19,20);1-5H,(H3,9,11,12);1-5H;1H4.